The normalized spacial score (nSPS) is 17.8. The van der Waals surface area contributed by atoms with Crippen LogP contribution in [0.4, 0.5) is 4.39 Å². The van der Waals surface area contributed by atoms with E-state index in [1.165, 1.54) is 48.8 Å². The number of unbranched alkanes of at least 4 members (excludes halogenated alkanes) is 8. The summed E-state index contributed by atoms with van der Waals surface area (Å²) in [5.41, 5.74) is -2.30. The predicted octanol–water partition coefficient (Wildman–Crippen LogP) is 9.10. The molecule has 3 atom stereocenters. The highest BCUT2D eigenvalue weighted by atomic mass is 32.2. The Morgan fingerprint density at radius 2 is 1.50 bits per heavy atom. The molecule has 1 saturated heterocycles. The first-order valence-electron chi connectivity index (χ1n) is 17.6. The van der Waals surface area contributed by atoms with Crippen LogP contribution >= 0.6 is 24.0 Å². The molecule has 0 radical (unpaired) electrons. The number of carboxylic acid groups (broad SMARTS) is 1. The lowest BCUT2D eigenvalue weighted by Gasteiger charge is -2.39. The summed E-state index contributed by atoms with van der Waals surface area (Å²) in [7, 11) is 0. The Morgan fingerprint density at radius 1 is 0.958 bits per heavy atom. The molecule has 1 amide bonds. The molecule has 0 aliphatic carbocycles. The first-order chi connectivity index (χ1) is 23.1. The minimum absolute atomic E-state index is 0.114. The van der Waals surface area contributed by atoms with E-state index in [9.17, 15) is 24.2 Å². The molecule has 1 aliphatic heterocycles. The van der Waals surface area contributed by atoms with Crippen LogP contribution in [0.2, 0.25) is 0 Å². The van der Waals surface area contributed by atoms with E-state index in [0.29, 0.717) is 6.42 Å². The van der Waals surface area contributed by atoms with Crippen LogP contribution in [-0.4, -0.2) is 62.0 Å². The van der Waals surface area contributed by atoms with Gasteiger partial charge in [0.05, 0.1) is 18.6 Å². The van der Waals surface area contributed by atoms with Gasteiger partial charge in [0.25, 0.3) is 5.17 Å². The number of carbonyl (C=O) groups is 2. The molecule has 1 heterocycles. The van der Waals surface area contributed by atoms with Crippen molar-refractivity contribution in [3.63, 3.8) is 0 Å². The van der Waals surface area contributed by atoms with Gasteiger partial charge in [-0.15, -0.1) is 0 Å². The second kappa shape index (κ2) is 20.1. The molecule has 0 aromatic heterocycles. The van der Waals surface area contributed by atoms with E-state index in [1.54, 1.807) is 6.08 Å². The lowest BCUT2D eigenvalue weighted by Crippen LogP contribution is -2.57. The number of nitrogens with zero attached hydrogens (tertiary/aromatic N) is 1. The van der Waals surface area contributed by atoms with Crippen molar-refractivity contribution in [2.24, 2.45) is 11.8 Å². The van der Waals surface area contributed by atoms with Crippen LogP contribution in [0, 0.1) is 11.8 Å². The van der Waals surface area contributed by atoms with Crippen molar-refractivity contribution in [3.8, 4) is 0 Å². The molecular formula is C39H54FNO5S2. The summed E-state index contributed by atoms with van der Waals surface area (Å²) >= 11 is 7.75. The Bertz CT molecular complexity index is 1270. The first kappa shape index (κ1) is 39.7. The molecule has 1 fully saturated rings. The number of hydrogen-bond donors (Lipinski definition) is 2. The summed E-state index contributed by atoms with van der Waals surface area (Å²) in [6.07, 6.45) is 13.7. The molecule has 0 spiro atoms. The van der Waals surface area contributed by atoms with Gasteiger partial charge < -0.3 is 14.9 Å². The van der Waals surface area contributed by atoms with E-state index < -0.39 is 48.1 Å². The number of halogens is 1. The van der Waals surface area contributed by atoms with E-state index in [0.717, 1.165) is 42.6 Å². The summed E-state index contributed by atoms with van der Waals surface area (Å²) in [6.45, 7) is 5.02. The highest BCUT2D eigenvalue weighted by Gasteiger charge is 2.60. The molecule has 9 heteroatoms. The quantitative estimate of drug-likeness (QED) is 0.0720. The maximum Gasteiger partial charge on any atom is 0.336 e. The number of thioether (sulfide) groups is 1. The first-order valence-corrected chi connectivity index (χ1v) is 19.1. The Morgan fingerprint density at radius 3 is 2.00 bits per heavy atom. The highest BCUT2D eigenvalue weighted by Crippen LogP contribution is 2.48. The van der Waals surface area contributed by atoms with Gasteiger partial charge in [0.2, 0.25) is 5.91 Å². The number of hydrogen-bond acceptors (Lipinski definition) is 6. The zero-order valence-electron chi connectivity index (χ0n) is 28.8. The van der Waals surface area contributed by atoms with Crippen molar-refractivity contribution in [3.05, 3.63) is 83.9 Å². The number of carboxylic acids is 1. The van der Waals surface area contributed by atoms with Crippen molar-refractivity contribution < 1.29 is 28.9 Å². The van der Waals surface area contributed by atoms with Crippen LogP contribution in [0.1, 0.15) is 103 Å². The number of amides is 1. The Labute approximate surface area is 296 Å². The number of benzene rings is 2. The summed E-state index contributed by atoms with van der Waals surface area (Å²) < 4.78 is 20.3. The molecule has 264 valence electrons. The van der Waals surface area contributed by atoms with Crippen molar-refractivity contribution in [1.82, 2.24) is 4.90 Å². The third-order valence-electron chi connectivity index (χ3n) is 9.17. The van der Waals surface area contributed by atoms with Gasteiger partial charge in [-0.05, 0) is 55.3 Å². The van der Waals surface area contributed by atoms with Gasteiger partial charge in [-0.3, -0.25) is 14.1 Å². The number of allylic oxidation sites excluding steroid dienone is 1. The number of carbonyl (C=O) groups excluding carboxylic acids is 1. The van der Waals surface area contributed by atoms with Gasteiger partial charge in [0.15, 0.2) is 11.2 Å². The summed E-state index contributed by atoms with van der Waals surface area (Å²) in [6, 6.07) is 18.3. The maximum absolute atomic E-state index is 14.6. The van der Waals surface area contributed by atoms with Crippen LogP contribution in [0.5, 0.6) is 0 Å². The van der Waals surface area contributed by atoms with Gasteiger partial charge in [0, 0.05) is 17.5 Å². The van der Waals surface area contributed by atoms with Crippen LogP contribution in [0.3, 0.4) is 0 Å². The van der Waals surface area contributed by atoms with Crippen molar-refractivity contribution in [2.75, 3.05) is 18.2 Å². The van der Waals surface area contributed by atoms with Crippen molar-refractivity contribution >= 4 is 41.0 Å². The molecule has 0 bridgehead atoms. The minimum atomic E-state index is -2.67. The molecule has 2 aromatic carbocycles. The molecule has 0 unspecified atom stereocenters. The zero-order chi connectivity index (χ0) is 35.0. The second-order valence-electron chi connectivity index (χ2n) is 13.0. The molecule has 48 heavy (non-hydrogen) atoms. The Balaban J connectivity index is 1.80. The van der Waals surface area contributed by atoms with Gasteiger partial charge in [-0.2, -0.15) is 11.8 Å². The smallest absolute Gasteiger partial charge is 0.336 e. The lowest BCUT2D eigenvalue weighted by molar-refractivity contribution is -0.169. The van der Waals surface area contributed by atoms with E-state index in [2.05, 4.69) is 6.92 Å². The van der Waals surface area contributed by atoms with E-state index in [1.807, 2.05) is 86.3 Å². The average molecular weight is 700 g/mol. The fourth-order valence-corrected chi connectivity index (χ4v) is 7.99. The molecule has 1 aliphatic rings. The van der Waals surface area contributed by atoms with Crippen LogP contribution in [0.25, 0.3) is 0 Å². The second-order valence-corrected chi connectivity index (χ2v) is 14.6. The topological polar surface area (TPSA) is 87.1 Å². The number of thiocarbonyl (C=S) groups is 1. The number of ether oxygens (including phenoxy) is 1. The number of rotatable bonds is 22. The fraction of sp³-hybridized carbons (Fsp3) is 0.564. The summed E-state index contributed by atoms with van der Waals surface area (Å²) in [5, 5.41) is 21.5. The highest BCUT2D eigenvalue weighted by molar-refractivity contribution is 7.99. The van der Waals surface area contributed by atoms with E-state index >= 15 is 0 Å². The SMILES string of the molecule is CCCCCCCSCCCCCCC=C[C@H](C(=O)N1C(=S)OC(c2ccccc2)(c2ccccc2)[C@@H]1C(C)C)[C@@](O)(CCF)C(=O)O. The van der Waals surface area contributed by atoms with Gasteiger partial charge in [0.1, 0.15) is 0 Å². The standard InChI is InChI=1S/C39H54FNO5S2/c1-4-5-6-10-19-28-48-29-20-11-8-7-9-18-25-33(38(45,26-27-40)36(43)44)35(42)41-34(30(2)3)39(46-37(41)47,31-21-14-12-15-22-31)32-23-16-13-17-24-32/h12-18,21-25,30,33-34,45H,4-11,19-20,26-29H2,1-3H3,(H,43,44)/t33-,34+,38+/m1/s1. The largest absolute Gasteiger partial charge is 0.479 e. The third-order valence-corrected chi connectivity index (χ3v) is 10.6. The lowest BCUT2D eigenvalue weighted by atomic mass is 9.75. The fourth-order valence-electron chi connectivity index (χ4n) is 6.63. The number of alkyl halides is 1. The Kier molecular flexibility index (Phi) is 16.6. The molecule has 2 N–H and O–H groups in total. The third kappa shape index (κ3) is 9.91. The number of aliphatic carboxylic acids is 1. The summed E-state index contributed by atoms with van der Waals surface area (Å²) in [4.78, 5) is 28.4. The molecule has 0 saturated carbocycles. The zero-order valence-corrected chi connectivity index (χ0v) is 30.5. The average Bonchev–Trinajstić information content (AvgIpc) is 3.41. The Hall–Kier alpha value is -2.75. The van der Waals surface area contributed by atoms with E-state index in [4.69, 9.17) is 17.0 Å². The van der Waals surface area contributed by atoms with Crippen molar-refractivity contribution in [1.29, 1.82) is 0 Å². The minimum Gasteiger partial charge on any atom is -0.479 e. The molecule has 6 nitrogen and oxygen atoms in total. The van der Waals surface area contributed by atoms with E-state index in [-0.39, 0.29) is 11.1 Å². The molecule has 2 aromatic rings. The molecular weight excluding hydrogens is 646 g/mol. The number of aliphatic hydroxyl groups is 1. The van der Waals surface area contributed by atoms with Crippen molar-refractivity contribution in [2.45, 2.75) is 109 Å². The monoisotopic (exact) mass is 699 g/mol. The van der Waals surface area contributed by atoms with Gasteiger partial charge in [-0.25, -0.2) is 4.79 Å². The van der Waals surface area contributed by atoms with Crippen LogP contribution < -0.4 is 0 Å². The van der Waals surface area contributed by atoms with Gasteiger partial charge in [-0.1, -0.05) is 132 Å². The van der Waals surface area contributed by atoms with Crippen LogP contribution in [-0.2, 0) is 19.9 Å². The van der Waals surface area contributed by atoms with Gasteiger partial charge >= 0.3 is 5.97 Å². The molecule has 3 rings (SSSR count). The summed E-state index contributed by atoms with van der Waals surface area (Å²) in [5.74, 6) is -1.81. The predicted molar refractivity (Wildman–Crippen MR) is 198 cm³/mol. The maximum atomic E-state index is 14.6. The van der Waals surface area contributed by atoms with Crippen LogP contribution in [0.15, 0.2) is 72.8 Å².